The van der Waals surface area contributed by atoms with Crippen molar-refractivity contribution < 1.29 is 9.66 Å². The van der Waals surface area contributed by atoms with E-state index in [9.17, 15) is 10.1 Å². The van der Waals surface area contributed by atoms with Gasteiger partial charge < -0.3 is 15.0 Å². The van der Waals surface area contributed by atoms with Crippen LogP contribution in [0.2, 0.25) is 0 Å². The molecular weight excluding hydrogens is 270 g/mol. The van der Waals surface area contributed by atoms with Gasteiger partial charge in [0.15, 0.2) is 0 Å². The van der Waals surface area contributed by atoms with Crippen LogP contribution in [0.5, 0.6) is 5.75 Å². The smallest absolute Gasteiger partial charge is 0.275 e. The van der Waals surface area contributed by atoms with Crippen LogP contribution in [-0.4, -0.2) is 37.7 Å². The van der Waals surface area contributed by atoms with Gasteiger partial charge in [0.05, 0.1) is 17.6 Å². The van der Waals surface area contributed by atoms with E-state index in [2.05, 4.69) is 10.2 Å². The highest BCUT2D eigenvalue weighted by Crippen LogP contribution is 2.30. The lowest BCUT2D eigenvalue weighted by Gasteiger charge is -2.29. The van der Waals surface area contributed by atoms with Gasteiger partial charge in [-0.15, -0.1) is 0 Å². The van der Waals surface area contributed by atoms with E-state index < -0.39 is 0 Å². The summed E-state index contributed by atoms with van der Waals surface area (Å²) in [5, 5.41) is 14.5. The molecule has 1 aliphatic rings. The molecule has 6 nitrogen and oxygen atoms in total. The van der Waals surface area contributed by atoms with Crippen molar-refractivity contribution in [3.63, 3.8) is 0 Å². The molecule has 0 radical (unpaired) electrons. The minimum Gasteiger partial charge on any atom is -0.494 e. The fourth-order valence-corrected chi connectivity index (χ4v) is 2.73. The first kappa shape index (κ1) is 15.6. The lowest BCUT2D eigenvalue weighted by atomic mass is 10.1. The summed E-state index contributed by atoms with van der Waals surface area (Å²) in [6.45, 7) is 4.41. The van der Waals surface area contributed by atoms with Crippen LogP contribution in [-0.2, 0) is 0 Å². The highest BCUT2D eigenvalue weighted by atomic mass is 16.6. The van der Waals surface area contributed by atoms with Crippen molar-refractivity contribution in [1.29, 1.82) is 0 Å². The predicted octanol–water partition coefficient (Wildman–Crippen LogP) is 2.57. The van der Waals surface area contributed by atoms with Gasteiger partial charge in [-0.05, 0) is 39.3 Å². The van der Waals surface area contributed by atoms with Crippen molar-refractivity contribution in [3.05, 3.63) is 28.3 Å². The van der Waals surface area contributed by atoms with Gasteiger partial charge in [0.25, 0.3) is 5.69 Å². The quantitative estimate of drug-likeness (QED) is 0.667. The van der Waals surface area contributed by atoms with Crippen molar-refractivity contribution in [3.8, 4) is 5.75 Å². The fraction of sp³-hybridized carbons (Fsp3) is 0.600. The molecule has 0 aromatic heterocycles. The Morgan fingerprint density at radius 1 is 1.38 bits per heavy atom. The number of hydrogen-bond donors (Lipinski definition) is 1. The number of hydrogen-bond acceptors (Lipinski definition) is 5. The first-order valence-electron chi connectivity index (χ1n) is 7.47. The number of ether oxygens (including phenoxy) is 1. The minimum atomic E-state index is -0.367. The zero-order chi connectivity index (χ0) is 15.2. The van der Waals surface area contributed by atoms with Gasteiger partial charge in [-0.25, -0.2) is 0 Å². The first-order valence-corrected chi connectivity index (χ1v) is 7.47. The van der Waals surface area contributed by atoms with E-state index in [1.54, 1.807) is 6.07 Å². The summed E-state index contributed by atoms with van der Waals surface area (Å²) in [4.78, 5) is 12.9. The Bertz CT molecular complexity index is 485. The number of anilines is 1. The number of nitro groups is 1. The lowest BCUT2D eigenvalue weighted by molar-refractivity contribution is -0.384. The third-order valence-electron chi connectivity index (χ3n) is 3.90. The monoisotopic (exact) mass is 293 g/mol. The molecular formula is C15H23N3O3. The van der Waals surface area contributed by atoms with Crippen molar-refractivity contribution in [2.75, 3.05) is 31.6 Å². The van der Waals surface area contributed by atoms with Crippen LogP contribution in [0.3, 0.4) is 0 Å². The highest BCUT2D eigenvalue weighted by Gasteiger charge is 2.20. The fourth-order valence-electron chi connectivity index (χ4n) is 2.73. The molecule has 1 heterocycles. The lowest BCUT2D eigenvalue weighted by Crippen LogP contribution is -2.32. The summed E-state index contributed by atoms with van der Waals surface area (Å²) in [6, 6.07) is 5.39. The molecule has 0 spiro atoms. The summed E-state index contributed by atoms with van der Waals surface area (Å²) in [5.74, 6) is 0.556. The SMILES string of the molecule is CCOc1cc(N(C)C2CCCNCC2)cc([N+](=O)[O-])c1. The molecule has 0 amide bonds. The van der Waals surface area contributed by atoms with Gasteiger partial charge in [0.1, 0.15) is 5.75 Å². The van der Waals surface area contributed by atoms with Crippen LogP contribution < -0.4 is 15.0 Å². The predicted molar refractivity (Wildman–Crippen MR) is 83.2 cm³/mol. The van der Waals surface area contributed by atoms with Crippen LogP contribution >= 0.6 is 0 Å². The standard InChI is InChI=1S/C15H23N3O3/c1-3-21-15-10-13(9-14(11-15)18(19)20)17(2)12-5-4-7-16-8-6-12/h9-12,16H,3-8H2,1-2H3. The maximum Gasteiger partial charge on any atom is 0.275 e. The van der Waals surface area contributed by atoms with Gasteiger partial charge in [-0.1, -0.05) is 0 Å². The molecule has 0 bridgehead atoms. The summed E-state index contributed by atoms with van der Waals surface area (Å²) in [6.07, 6.45) is 3.27. The second kappa shape index (κ2) is 7.26. The molecule has 6 heteroatoms. The summed E-state index contributed by atoms with van der Waals surface area (Å²) < 4.78 is 5.46. The maximum atomic E-state index is 11.1. The van der Waals surface area contributed by atoms with Gasteiger partial charge in [0, 0.05) is 30.9 Å². The molecule has 2 rings (SSSR count). The van der Waals surface area contributed by atoms with Crippen LogP contribution in [0, 0.1) is 10.1 Å². The Balaban J connectivity index is 2.25. The molecule has 116 valence electrons. The number of nitrogens with one attached hydrogen (secondary N) is 1. The van der Waals surface area contributed by atoms with Gasteiger partial charge in [-0.2, -0.15) is 0 Å². The van der Waals surface area contributed by atoms with E-state index >= 15 is 0 Å². The van der Waals surface area contributed by atoms with Crippen LogP contribution in [0.1, 0.15) is 26.2 Å². The van der Waals surface area contributed by atoms with E-state index in [-0.39, 0.29) is 10.6 Å². The van der Waals surface area contributed by atoms with Crippen LogP contribution in [0.25, 0.3) is 0 Å². The number of non-ortho nitro benzene ring substituents is 1. The highest BCUT2D eigenvalue weighted by molar-refractivity contribution is 5.58. The van der Waals surface area contributed by atoms with E-state index in [4.69, 9.17) is 4.74 Å². The van der Waals surface area contributed by atoms with Gasteiger partial charge in [-0.3, -0.25) is 10.1 Å². The van der Waals surface area contributed by atoms with Crippen LogP contribution in [0.15, 0.2) is 18.2 Å². The number of nitro benzene ring substituents is 1. The largest absolute Gasteiger partial charge is 0.494 e. The molecule has 1 atom stereocenters. The normalized spacial score (nSPS) is 18.9. The molecule has 1 N–H and O–H groups in total. The van der Waals surface area contributed by atoms with E-state index in [0.29, 0.717) is 18.4 Å². The summed E-state index contributed by atoms with van der Waals surface area (Å²) >= 11 is 0. The molecule has 0 aliphatic carbocycles. The number of rotatable bonds is 5. The Morgan fingerprint density at radius 2 is 2.19 bits per heavy atom. The molecule has 1 aliphatic heterocycles. The van der Waals surface area contributed by atoms with Crippen molar-refractivity contribution in [2.45, 2.75) is 32.2 Å². The zero-order valence-corrected chi connectivity index (χ0v) is 12.7. The number of benzene rings is 1. The third-order valence-corrected chi connectivity index (χ3v) is 3.90. The van der Waals surface area contributed by atoms with Gasteiger partial charge in [0.2, 0.25) is 0 Å². The molecule has 21 heavy (non-hydrogen) atoms. The first-order chi connectivity index (χ1) is 10.1. The second-order valence-electron chi connectivity index (χ2n) is 5.32. The molecule has 1 unspecified atom stereocenters. The zero-order valence-electron chi connectivity index (χ0n) is 12.7. The summed E-state index contributed by atoms with van der Waals surface area (Å²) in [5.41, 5.74) is 0.925. The van der Waals surface area contributed by atoms with Crippen molar-refractivity contribution >= 4 is 11.4 Å². The van der Waals surface area contributed by atoms with E-state index in [1.165, 1.54) is 6.07 Å². The third kappa shape index (κ3) is 4.07. The number of nitrogens with zero attached hydrogens (tertiary/aromatic N) is 2. The maximum absolute atomic E-state index is 11.1. The Morgan fingerprint density at radius 3 is 2.90 bits per heavy atom. The topological polar surface area (TPSA) is 67.6 Å². The van der Waals surface area contributed by atoms with Crippen LogP contribution in [0.4, 0.5) is 11.4 Å². The average Bonchev–Trinajstić information content (AvgIpc) is 2.75. The second-order valence-corrected chi connectivity index (χ2v) is 5.32. The summed E-state index contributed by atoms with van der Waals surface area (Å²) in [7, 11) is 2.00. The van der Waals surface area contributed by atoms with Crippen molar-refractivity contribution in [1.82, 2.24) is 5.32 Å². The van der Waals surface area contributed by atoms with E-state index in [0.717, 1.165) is 38.0 Å². The molecule has 1 fully saturated rings. The molecule has 1 aromatic rings. The molecule has 1 aromatic carbocycles. The average molecular weight is 293 g/mol. The van der Waals surface area contributed by atoms with E-state index in [1.807, 2.05) is 20.0 Å². The van der Waals surface area contributed by atoms with Crippen molar-refractivity contribution in [2.24, 2.45) is 0 Å². The Labute approximate surface area is 125 Å². The molecule has 1 saturated heterocycles. The van der Waals surface area contributed by atoms with Gasteiger partial charge >= 0.3 is 0 Å². The Kier molecular flexibility index (Phi) is 5.38. The minimum absolute atomic E-state index is 0.0783. The Hall–Kier alpha value is -1.82. The molecule has 0 saturated carbocycles.